The first-order valence-corrected chi connectivity index (χ1v) is 8.27. The summed E-state index contributed by atoms with van der Waals surface area (Å²) in [4.78, 5) is 2.26. The number of aliphatic hydroxyl groups excluding tert-OH is 1. The van der Waals surface area contributed by atoms with Crippen LogP contribution in [0.5, 0.6) is 5.75 Å². The maximum absolute atomic E-state index is 10.3. The molecule has 5 heteroatoms. The third-order valence-corrected chi connectivity index (χ3v) is 4.41. The number of benzene rings is 1. The molecule has 1 N–H and O–H groups in total. The first-order valence-electron chi connectivity index (χ1n) is 8.27. The van der Waals surface area contributed by atoms with Gasteiger partial charge in [-0.2, -0.15) is 0 Å². The van der Waals surface area contributed by atoms with E-state index in [0.717, 1.165) is 42.3 Å². The molecule has 1 aliphatic heterocycles. The Hall–Kier alpha value is -2.11. The summed E-state index contributed by atoms with van der Waals surface area (Å²) in [5, 5.41) is 14.2. The van der Waals surface area contributed by atoms with Gasteiger partial charge in [0, 0.05) is 38.0 Å². The van der Waals surface area contributed by atoms with Gasteiger partial charge in [-0.15, -0.1) is 0 Å². The lowest BCUT2D eigenvalue weighted by Gasteiger charge is -2.12. The van der Waals surface area contributed by atoms with E-state index in [1.807, 2.05) is 37.3 Å². The molecule has 24 heavy (non-hydrogen) atoms. The van der Waals surface area contributed by atoms with Crippen molar-refractivity contribution in [1.82, 2.24) is 10.1 Å². The Morgan fingerprint density at radius 3 is 2.79 bits per heavy atom. The molecule has 128 valence electrons. The normalized spacial score (nSPS) is 21.6. The Bertz CT molecular complexity index is 678. The van der Waals surface area contributed by atoms with Crippen LogP contribution in [-0.4, -0.2) is 48.0 Å². The van der Waals surface area contributed by atoms with Gasteiger partial charge in [-0.05, 0) is 24.6 Å². The molecule has 0 amide bonds. The lowest BCUT2D eigenvalue weighted by atomic mass is 10.0. The molecule has 2 aromatic rings. The van der Waals surface area contributed by atoms with Crippen LogP contribution in [0.1, 0.15) is 17.0 Å². The number of rotatable bonds is 6. The molecule has 2 heterocycles. The summed E-state index contributed by atoms with van der Waals surface area (Å²) in [7, 11) is 1.67. The summed E-state index contributed by atoms with van der Waals surface area (Å²) in [5.74, 6) is 1.92. The van der Waals surface area contributed by atoms with Gasteiger partial charge in [0.15, 0.2) is 0 Å². The number of aryl methyl sites for hydroxylation is 1. The number of ether oxygens (including phenoxy) is 1. The summed E-state index contributed by atoms with van der Waals surface area (Å²) in [6.45, 7) is 4.31. The van der Waals surface area contributed by atoms with Gasteiger partial charge in [0.25, 0.3) is 0 Å². The van der Waals surface area contributed by atoms with E-state index in [1.165, 1.54) is 0 Å². The molecule has 2 atom stereocenters. The molecule has 0 saturated carbocycles. The molecule has 1 saturated heterocycles. The number of hydrogen-bond donors (Lipinski definition) is 1. The van der Waals surface area contributed by atoms with Crippen molar-refractivity contribution in [1.29, 1.82) is 0 Å². The molecule has 0 unspecified atom stereocenters. The second-order valence-electron chi connectivity index (χ2n) is 6.36. The van der Waals surface area contributed by atoms with Crippen LogP contribution in [0.2, 0.25) is 0 Å². The SMILES string of the molecule is COc1ccc(C=CCN2C[C@@H](Cc3cc(C)no3)[C@H](O)C2)cc1. The predicted molar refractivity (Wildman–Crippen MR) is 92.9 cm³/mol. The molecular weight excluding hydrogens is 304 g/mol. The minimum absolute atomic E-state index is 0.201. The van der Waals surface area contributed by atoms with Crippen molar-refractivity contribution in [3.8, 4) is 5.75 Å². The molecule has 1 aromatic heterocycles. The van der Waals surface area contributed by atoms with E-state index in [-0.39, 0.29) is 12.0 Å². The highest BCUT2D eigenvalue weighted by atomic mass is 16.5. The monoisotopic (exact) mass is 328 g/mol. The van der Waals surface area contributed by atoms with Crippen molar-refractivity contribution in [2.45, 2.75) is 19.4 Å². The van der Waals surface area contributed by atoms with Crippen molar-refractivity contribution < 1.29 is 14.4 Å². The van der Waals surface area contributed by atoms with Gasteiger partial charge in [0.1, 0.15) is 11.5 Å². The van der Waals surface area contributed by atoms with E-state index in [4.69, 9.17) is 9.26 Å². The van der Waals surface area contributed by atoms with E-state index < -0.39 is 0 Å². The van der Waals surface area contributed by atoms with Crippen LogP contribution in [0, 0.1) is 12.8 Å². The molecule has 1 aromatic carbocycles. The fourth-order valence-corrected chi connectivity index (χ4v) is 3.11. The minimum atomic E-state index is -0.315. The Kier molecular flexibility index (Phi) is 5.33. The Morgan fingerprint density at radius 1 is 1.33 bits per heavy atom. The Balaban J connectivity index is 1.50. The van der Waals surface area contributed by atoms with Gasteiger partial charge in [0.05, 0.1) is 18.9 Å². The third-order valence-electron chi connectivity index (χ3n) is 4.41. The second kappa shape index (κ2) is 7.64. The first kappa shape index (κ1) is 16.7. The van der Waals surface area contributed by atoms with E-state index in [2.05, 4.69) is 22.2 Å². The van der Waals surface area contributed by atoms with Crippen LogP contribution in [0.4, 0.5) is 0 Å². The average molecular weight is 328 g/mol. The first-order chi connectivity index (χ1) is 11.6. The second-order valence-corrected chi connectivity index (χ2v) is 6.36. The van der Waals surface area contributed by atoms with Gasteiger partial charge in [-0.3, -0.25) is 4.90 Å². The van der Waals surface area contributed by atoms with E-state index in [0.29, 0.717) is 6.54 Å². The van der Waals surface area contributed by atoms with Gasteiger partial charge in [-0.25, -0.2) is 0 Å². The molecule has 1 fully saturated rings. The Labute approximate surface area is 142 Å². The minimum Gasteiger partial charge on any atom is -0.497 e. The molecule has 1 aliphatic rings. The fourth-order valence-electron chi connectivity index (χ4n) is 3.11. The van der Waals surface area contributed by atoms with Crippen LogP contribution in [0.3, 0.4) is 0 Å². The largest absolute Gasteiger partial charge is 0.497 e. The van der Waals surface area contributed by atoms with Crippen molar-refractivity contribution in [3.05, 3.63) is 53.4 Å². The standard InChI is InChI=1S/C19H24N2O3/c1-14-10-18(24-20-14)11-16-12-21(13-19(16)22)9-3-4-15-5-7-17(23-2)8-6-15/h3-8,10,16,19,22H,9,11-13H2,1-2H3/t16-,19-/m1/s1. The van der Waals surface area contributed by atoms with E-state index >= 15 is 0 Å². The smallest absolute Gasteiger partial charge is 0.137 e. The molecule has 3 rings (SSSR count). The summed E-state index contributed by atoms with van der Waals surface area (Å²) in [6, 6.07) is 9.91. The highest BCUT2D eigenvalue weighted by Crippen LogP contribution is 2.22. The van der Waals surface area contributed by atoms with Gasteiger partial charge >= 0.3 is 0 Å². The maximum Gasteiger partial charge on any atom is 0.137 e. The molecule has 0 radical (unpaired) electrons. The van der Waals surface area contributed by atoms with Crippen molar-refractivity contribution in [2.75, 3.05) is 26.7 Å². The van der Waals surface area contributed by atoms with Gasteiger partial charge in [0.2, 0.25) is 0 Å². The summed E-state index contributed by atoms with van der Waals surface area (Å²) < 4.78 is 10.4. The summed E-state index contributed by atoms with van der Waals surface area (Å²) in [5.41, 5.74) is 2.03. The zero-order valence-electron chi connectivity index (χ0n) is 14.2. The van der Waals surface area contributed by atoms with Gasteiger partial charge in [-0.1, -0.05) is 29.4 Å². The lowest BCUT2D eigenvalue weighted by molar-refractivity contribution is 0.138. The number of nitrogens with zero attached hydrogens (tertiary/aromatic N) is 2. The molecule has 0 spiro atoms. The predicted octanol–water partition coefficient (Wildman–Crippen LogP) is 2.54. The third kappa shape index (κ3) is 4.24. The zero-order chi connectivity index (χ0) is 16.9. The molecule has 0 aliphatic carbocycles. The molecular formula is C19H24N2O3. The number of β-amino-alcohol motifs (C(OH)–C–C–N with tert-alkyl or cyclic N) is 1. The van der Waals surface area contributed by atoms with Crippen LogP contribution < -0.4 is 4.74 Å². The van der Waals surface area contributed by atoms with Crippen LogP contribution >= 0.6 is 0 Å². The number of hydrogen-bond acceptors (Lipinski definition) is 5. The van der Waals surface area contributed by atoms with Crippen LogP contribution in [0.15, 0.2) is 40.9 Å². The zero-order valence-corrected chi connectivity index (χ0v) is 14.2. The van der Waals surface area contributed by atoms with Crippen molar-refractivity contribution >= 4 is 6.08 Å². The number of aromatic nitrogens is 1. The van der Waals surface area contributed by atoms with Gasteiger partial charge < -0.3 is 14.4 Å². The Morgan fingerprint density at radius 2 is 2.12 bits per heavy atom. The number of methoxy groups -OCH3 is 1. The maximum atomic E-state index is 10.3. The van der Waals surface area contributed by atoms with Crippen LogP contribution in [-0.2, 0) is 6.42 Å². The molecule has 5 nitrogen and oxygen atoms in total. The quantitative estimate of drug-likeness (QED) is 0.883. The summed E-state index contributed by atoms with van der Waals surface area (Å²) in [6.07, 6.45) is 4.65. The van der Waals surface area contributed by atoms with Crippen LogP contribution in [0.25, 0.3) is 6.08 Å². The topological polar surface area (TPSA) is 58.7 Å². The average Bonchev–Trinajstić information content (AvgIpc) is 3.14. The number of likely N-dealkylation sites (tertiary alicyclic amines) is 1. The van der Waals surface area contributed by atoms with E-state index in [9.17, 15) is 5.11 Å². The van der Waals surface area contributed by atoms with Crippen molar-refractivity contribution in [2.24, 2.45) is 5.92 Å². The summed E-state index contributed by atoms with van der Waals surface area (Å²) >= 11 is 0. The fraction of sp³-hybridized carbons (Fsp3) is 0.421. The molecule has 0 bridgehead atoms. The lowest BCUT2D eigenvalue weighted by Crippen LogP contribution is -2.21. The van der Waals surface area contributed by atoms with Crippen molar-refractivity contribution in [3.63, 3.8) is 0 Å². The van der Waals surface area contributed by atoms with E-state index in [1.54, 1.807) is 7.11 Å². The highest BCUT2D eigenvalue weighted by Gasteiger charge is 2.31. The highest BCUT2D eigenvalue weighted by molar-refractivity contribution is 5.50. The number of aliphatic hydroxyl groups is 1.